The number of carbonyl (C=O) groups excluding carboxylic acids is 1. The molecule has 1 saturated heterocycles. The van der Waals surface area contributed by atoms with Crippen LogP contribution in [0.5, 0.6) is 0 Å². The van der Waals surface area contributed by atoms with Crippen LogP contribution in [0.25, 0.3) is 0 Å². The highest BCUT2D eigenvalue weighted by Gasteiger charge is 2.31. The summed E-state index contributed by atoms with van der Waals surface area (Å²) in [5, 5.41) is 14.5. The normalized spacial score (nSPS) is 18.7. The molecule has 7 nitrogen and oxygen atoms in total. The van der Waals surface area contributed by atoms with Gasteiger partial charge in [0.2, 0.25) is 0 Å². The molecule has 2 atom stereocenters. The number of esters is 1. The van der Waals surface area contributed by atoms with Crippen molar-refractivity contribution < 1.29 is 28.0 Å². The first kappa shape index (κ1) is 19.7. The second-order valence-electron chi connectivity index (χ2n) is 6.44. The van der Waals surface area contributed by atoms with Gasteiger partial charge in [0.25, 0.3) is 5.69 Å². The summed E-state index contributed by atoms with van der Waals surface area (Å²) < 4.78 is 37.1. The summed E-state index contributed by atoms with van der Waals surface area (Å²) in [5.41, 5.74) is 0.738. The second kappa shape index (κ2) is 7.89. The predicted octanol–water partition coefficient (Wildman–Crippen LogP) is 3.91. The number of nitro benzene ring substituents is 1. The molecule has 0 amide bonds. The lowest BCUT2D eigenvalue weighted by molar-refractivity contribution is -0.385. The van der Waals surface area contributed by atoms with Gasteiger partial charge in [0, 0.05) is 17.9 Å². The van der Waals surface area contributed by atoms with Crippen LogP contribution < -0.4 is 5.32 Å². The number of hydrogen-bond acceptors (Lipinski definition) is 6. The highest BCUT2D eigenvalue weighted by Crippen LogP contribution is 2.34. The topological polar surface area (TPSA) is 90.7 Å². The van der Waals surface area contributed by atoms with Crippen molar-refractivity contribution in [2.75, 3.05) is 19.0 Å². The number of methoxy groups -OCH3 is 1. The van der Waals surface area contributed by atoms with E-state index in [4.69, 9.17) is 4.74 Å². The molecule has 9 heteroatoms. The van der Waals surface area contributed by atoms with Crippen LogP contribution >= 0.6 is 0 Å². The molecule has 0 aromatic heterocycles. The summed E-state index contributed by atoms with van der Waals surface area (Å²) in [6, 6.07) is 6.17. The molecule has 1 aliphatic rings. The van der Waals surface area contributed by atoms with Crippen molar-refractivity contribution in [1.29, 1.82) is 0 Å². The Morgan fingerprint density at radius 3 is 2.68 bits per heavy atom. The molecule has 2 aromatic rings. The average Bonchev–Trinajstić information content (AvgIpc) is 3.10. The Labute approximate surface area is 159 Å². The fraction of sp³-hybridized carbons (Fsp3) is 0.316. The highest BCUT2D eigenvalue weighted by molar-refractivity contribution is 5.95. The molecule has 0 aliphatic carbocycles. The minimum atomic E-state index is -0.967. The van der Waals surface area contributed by atoms with E-state index in [9.17, 15) is 23.7 Å². The Morgan fingerprint density at radius 1 is 1.29 bits per heavy atom. The van der Waals surface area contributed by atoms with Crippen LogP contribution in [0.2, 0.25) is 0 Å². The van der Waals surface area contributed by atoms with Crippen molar-refractivity contribution >= 4 is 17.3 Å². The van der Waals surface area contributed by atoms with Crippen molar-refractivity contribution in [2.24, 2.45) is 0 Å². The number of aryl methyl sites for hydroxylation is 1. The number of hydrogen-bond donors (Lipinski definition) is 1. The fourth-order valence-electron chi connectivity index (χ4n) is 3.34. The van der Waals surface area contributed by atoms with E-state index in [1.807, 2.05) is 0 Å². The van der Waals surface area contributed by atoms with Gasteiger partial charge in [-0.3, -0.25) is 10.1 Å². The SMILES string of the molecule is COC(=O)c1cc(NC2CCOC2c2ccc(F)c(F)c2)cc(C)c1[N+](=O)[O-]. The second-order valence-corrected chi connectivity index (χ2v) is 6.44. The molecule has 0 spiro atoms. The maximum Gasteiger partial charge on any atom is 0.344 e. The third-order valence-electron chi connectivity index (χ3n) is 4.60. The monoisotopic (exact) mass is 392 g/mol. The predicted molar refractivity (Wildman–Crippen MR) is 96.3 cm³/mol. The summed E-state index contributed by atoms with van der Waals surface area (Å²) in [5.74, 6) is -2.73. The molecule has 1 heterocycles. The van der Waals surface area contributed by atoms with E-state index in [2.05, 4.69) is 10.1 Å². The zero-order chi connectivity index (χ0) is 20.4. The van der Waals surface area contributed by atoms with Gasteiger partial charge in [-0.05, 0) is 43.2 Å². The number of halogens is 2. The van der Waals surface area contributed by atoms with Crippen LogP contribution in [0, 0.1) is 28.7 Å². The molecule has 1 N–H and O–H groups in total. The van der Waals surface area contributed by atoms with Crippen molar-refractivity contribution in [1.82, 2.24) is 0 Å². The number of benzene rings is 2. The number of nitro groups is 1. The summed E-state index contributed by atoms with van der Waals surface area (Å²) in [6.07, 6.45) is 0.0416. The van der Waals surface area contributed by atoms with E-state index in [0.717, 1.165) is 19.2 Å². The van der Waals surface area contributed by atoms with Crippen LogP contribution in [0.4, 0.5) is 20.2 Å². The van der Waals surface area contributed by atoms with Gasteiger partial charge in [0.05, 0.1) is 18.1 Å². The van der Waals surface area contributed by atoms with E-state index in [1.54, 1.807) is 6.07 Å². The van der Waals surface area contributed by atoms with E-state index in [0.29, 0.717) is 29.8 Å². The summed E-state index contributed by atoms with van der Waals surface area (Å²) in [4.78, 5) is 22.7. The van der Waals surface area contributed by atoms with E-state index in [1.165, 1.54) is 19.1 Å². The third-order valence-corrected chi connectivity index (χ3v) is 4.60. The number of ether oxygens (including phenoxy) is 2. The molecule has 3 rings (SSSR count). The first-order chi connectivity index (χ1) is 13.3. The summed E-state index contributed by atoms with van der Waals surface area (Å²) in [7, 11) is 1.14. The highest BCUT2D eigenvalue weighted by atomic mass is 19.2. The van der Waals surface area contributed by atoms with Crippen molar-refractivity contribution in [2.45, 2.75) is 25.5 Å². The average molecular weight is 392 g/mol. The molecule has 148 valence electrons. The first-order valence-electron chi connectivity index (χ1n) is 8.52. The summed E-state index contributed by atoms with van der Waals surface area (Å²) >= 11 is 0. The minimum absolute atomic E-state index is 0.168. The summed E-state index contributed by atoms with van der Waals surface area (Å²) in [6.45, 7) is 1.92. The van der Waals surface area contributed by atoms with Crippen molar-refractivity contribution in [3.63, 3.8) is 0 Å². The quantitative estimate of drug-likeness (QED) is 0.471. The number of anilines is 1. The van der Waals surface area contributed by atoms with Gasteiger partial charge in [0.1, 0.15) is 11.7 Å². The molecular weight excluding hydrogens is 374 g/mol. The van der Waals surface area contributed by atoms with Gasteiger partial charge >= 0.3 is 5.97 Å². The van der Waals surface area contributed by atoms with E-state index in [-0.39, 0.29) is 17.3 Å². The zero-order valence-electron chi connectivity index (χ0n) is 15.2. The Hall–Kier alpha value is -3.07. The molecule has 0 saturated carbocycles. The minimum Gasteiger partial charge on any atom is -0.465 e. The van der Waals surface area contributed by atoms with Crippen LogP contribution in [0.3, 0.4) is 0 Å². The third kappa shape index (κ3) is 3.79. The standard InChI is InChI=1S/C19H18F2N2O5/c1-10-7-12(9-13(19(24)27-2)17(10)23(25)26)22-16-5-6-28-18(16)11-3-4-14(20)15(21)8-11/h3-4,7-9,16,18,22H,5-6H2,1-2H3. The fourth-order valence-corrected chi connectivity index (χ4v) is 3.34. The van der Waals surface area contributed by atoms with Crippen LogP contribution in [0.1, 0.15) is 34.0 Å². The smallest absolute Gasteiger partial charge is 0.344 e. The van der Waals surface area contributed by atoms with Crippen LogP contribution in [-0.4, -0.2) is 30.7 Å². The lowest BCUT2D eigenvalue weighted by Crippen LogP contribution is -2.23. The number of carbonyl (C=O) groups is 1. The zero-order valence-corrected chi connectivity index (χ0v) is 15.2. The first-order valence-corrected chi connectivity index (χ1v) is 8.52. The molecular formula is C19H18F2N2O5. The molecule has 0 bridgehead atoms. The van der Waals surface area contributed by atoms with Crippen molar-refractivity contribution in [3.05, 3.63) is 68.8 Å². The van der Waals surface area contributed by atoms with Gasteiger partial charge in [-0.15, -0.1) is 0 Å². The Bertz CT molecular complexity index is 935. The van der Waals surface area contributed by atoms with E-state index >= 15 is 0 Å². The van der Waals surface area contributed by atoms with Crippen LogP contribution in [0.15, 0.2) is 30.3 Å². The largest absolute Gasteiger partial charge is 0.465 e. The maximum atomic E-state index is 13.6. The Kier molecular flexibility index (Phi) is 5.55. The maximum absolute atomic E-state index is 13.6. The Morgan fingerprint density at radius 2 is 2.04 bits per heavy atom. The van der Waals surface area contributed by atoms with E-state index < -0.39 is 28.6 Å². The van der Waals surface area contributed by atoms with Gasteiger partial charge in [0.15, 0.2) is 11.6 Å². The molecule has 0 radical (unpaired) electrons. The number of nitrogens with zero attached hydrogens (tertiary/aromatic N) is 1. The molecule has 1 fully saturated rings. The molecule has 2 aromatic carbocycles. The Balaban J connectivity index is 1.91. The van der Waals surface area contributed by atoms with Crippen LogP contribution in [-0.2, 0) is 9.47 Å². The molecule has 28 heavy (non-hydrogen) atoms. The van der Waals surface area contributed by atoms with Gasteiger partial charge in [-0.25, -0.2) is 13.6 Å². The number of rotatable bonds is 5. The molecule has 2 unspecified atom stereocenters. The number of nitrogens with one attached hydrogen (secondary N) is 1. The van der Waals surface area contributed by atoms with Gasteiger partial charge in [-0.2, -0.15) is 0 Å². The van der Waals surface area contributed by atoms with Crippen molar-refractivity contribution in [3.8, 4) is 0 Å². The van der Waals surface area contributed by atoms with Gasteiger partial charge < -0.3 is 14.8 Å². The lowest BCUT2D eigenvalue weighted by atomic mass is 10.0. The molecule has 1 aliphatic heterocycles. The lowest BCUT2D eigenvalue weighted by Gasteiger charge is -2.22. The van der Waals surface area contributed by atoms with Gasteiger partial charge in [-0.1, -0.05) is 6.07 Å².